The van der Waals surface area contributed by atoms with Crippen molar-refractivity contribution >= 4 is 50.5 Å². The van der Waals surface area contributed by atoms with Gasteiger partial charge in [-0.05, 0) is 26.0 Å². The molecule has 1 aliphatic heterocycles. The van der Waals surface area contributed by atoms with Crippen LogP contribution in [-0.4, -0.2) is 63.0 Å². The van der Waals surface area contributed by atoms with Crippen molar-refractivity contribution in [2.45, 2.75) is 30.8 Å². The third-order valence-corrected chi connectivity index (χ3v) is 7.69. The van der Waals surface area contributed by atoms with Crippen LogP contribution in [0.3, 0.4) is 0 Å². The Bertz CT molecular complexity index is 865. The molecule has 3 rings (SSSR count). The summed E-state index contributed by atoms with van der Waals surface area (Å²) in [4.78, 5) is 14.4. The molecular weight excluding hydrogens is 368 g/mol. The summed E-state index contributed by atoms with van der Waals surface area (Å²) in [6.07, 6.45) is 0. The van der Waals surface area contributed by atoms with Crippen LogP contribution in [0.2, 0.25) is 0 Å². The van der Waals surface area contributed by atoms with Gasteiger partial charge in [0.1, 0.15) is 22.0 Å². The lowest BCUT2D eigenvalue weighted by atomic mass is 10.2. The number of benzene rings is 1. The highest BCUT2D eigenvalue weighted by atomic mass is 32.2. The van der Waals surface area contributed by atoms with Crippen molar-refractivity contribution in [3.63, 3.8) is 0 Å². The van der Waals surface area contributed by atoms with Crippen molar-refractivity contribution in [1.29, 1.82) is 0 Å². The van der Waals surface area contributed by atoms with Crippen LogP contribution in [0.4, 0.5) is 0 Å². The third-order valence-electron chi connectivity index (χ3n) is 4.08. The minimum atomic E-state index is -3.82. The molecule has 0 bridgehead atoms. The highest BCUT2D eigenvalue weighted by molar-refractivity contribution is 8.00. The van der Waals surface area contributed by atoms with Crippen LogP contribution in [0.25, 0.3) is 11.0 Å². The van der Waals surface area contributed by atoms with Gasteiger partial charge in [-0.2, -0.15) is 13.1 Å². The average Bonchev–Trinajstić information content (AvgIpc) is 3.21. The lowest BCUT2D eigenvalue weighted by Crippen LogP contribution is -2.49. The van der Waals surface area contributed by atoms with Crippen molar-refractivity contribution in [2.75, 3.05) is 18.7 Å². The summed E-state index contributed by atoms with van der Waals surface area (Å²) in [6, 6.07) is 4.23. The molecule has 2 heterocycles. The Labute approximate surface area is 149 Å². The van der Waals surface area contributed by atoms with E-state index < -0.39 is 16.1 Å². The molecule has 10 heteroatoms. The largest absolute Gasteiger partial charge is 0.342 e. The number of aromatic nitrogens is 2. The smallest absolute Gasteiger partial charge is 0.246 e. The third kappa shape index (κ3) is 2.92. The second-order valence-electron chi connectivity index (χ2n) is 5.84. The number of carbonyl (C=O) groups is 1. The molecule has 0 aliphatic carbocycles. The Morgan fingerprint density at radius 3 is 2.83 bits per heavy atom. The summed E-state index contributed by atoms with van der Waals surface area (Å²) >= 11 is 2.42. The molecule has 0 spiro atoms. The van der Waals surface area contributed by atoms with Crippen LogP contribution in [0, 0.1) is 0 Å². The van der Waals surface area contributed by atoms with Crippen LogP contribution in [0.5, 0.6) is 0 Å². The second-order valence-corrected chi connectivity index (χ2v) is 9.23. The van der Waals surface area contributed by atoms with Crippen molar-refractivity contribution < 1.29 is 13.2 Å². The maximum atomic E-state index is 13.1. The van der Waals surface area contributed by atoms with Gasteiger partial charge in [0.15, 0.2) is 0 Å². The number of fused-ring (bicyclic) bond motifs is 1. The number of likely N-dealkylation sites (N-methyl/N-ethyl adjacent to an activating group) is 1. The van der Waals surface area contributed by atoms with Gasteiger partial charge in [-0.1, -0.05) is 6.07 Å². The first-order valence-electron chi connectivity index (χ1n) is 7.41. The second kappa shape index (κ2) is 6.58. The highest BCUT2D eigenvalue weighted by Gasteiger charge is 2.42. The van der Waals surface area contributed by atoms with Gasteiger partial charge in [0.25, 0.3) is 0 Å². The van der Waals surface area contributed by atoms with E-state index in [-0.39, 0.29) is 22.7 Å². The molecule has 1 aromatic carbocycles. The number of thioether (sulfide) groups is 1. The van der Waals surface area contributed by atoms with Crippen LogP contribution in [0.1, 0.15) is 13.8 Å². The SMILES string of the molecule is CC(C)N(C)C(=O)[C@H]1CSCN1S(=O)(=O)c1cccc2nsnc12. The minimum absolute atomic E-state index is 0.0128. The van der Waals surface area contributed by atoms with Gasteiger partial charge in [0, 0.05) is 18.8 Å². The van der Waals surface area contributed by atoms with Gasteiger partial charge in [-0.25, -0.2) is 8.42 Å². The summed E-state index contributed by atoms with van der Waals surface area (Å²) in [5.41, 5.74) is 0.915. The molecule has 24 heavy (non-hydrogen) atoms. The lowest BCUT2D eigenvalue weighted by Gasteiger charge is -2.29. The summed E-state index contributed by atoms with van der Waals surface area (Å²) in [6.45, 7) is 3.81. The molecule has 2 aromatic rings. The van der Waals surface area contributed by atoms with E-state index in [0.717, 1.165) is 11.7 Å². The number of hydrogen-bond acceptors (Lipinski definition) is 7. The maximum Gasteiger partial charge on any atom is 0.246 e. The van der Waals surface area contributed by atoms with Crippen molar-refractivity contribution in [3.8, 4) is 0 Å². The molecule has 1 aliphatic rings. The van der Waals surface area contributed by atoms with Crippen LogP contribution >= 0.6 is 23.5 Å². The fraction of sp³-hybridized carbons (Fsp3) is 0.500. The molecule has 1 amide bonds. The predicted octanol–water partition coefficient (Wildman–Crippen LogP) is 1.62. The normalized spacial score (nSPS) is 19.2. The van der Waals surface area contributed by atoms with Gasteiger partial charge in [0.2, 0.25) is 15.9 Å². The Morgan fingerprint density at radius 2 is 2.12 bits per heavy atom. The standard InChI is InChI=1S/C14H18N4O3S3/c1-9(2)17(3)14(19)11-7-22-8-18(11)24(20,21)12-6-4-5-10-13(12)16-23-15-10/h4-6,9,11H,7-8H2,1-3H3/t11-/m1/s1. The van der Waals surface area contributed by atoms with E-state index in [4.69, 9.17) is 0 Å². The molecule has 0 unspecified atom stereocenters. The van der Waals surface area contributed by atoms with Crippen molar-refractivity contribution in [3.05, 3.63) is 18.2 Å². The number of nitrogens with zero attached hydrogens (tertiary/aromatic N) is 4. The molecular formula is C14H18N4O3S3. The fourth-order valence-corrected chi connectivity index (χ4v) is 6.35. The molecule has 1 atom stereocenters. The lowest BCUT2D eigenvalue weighted by molar-refractivity contribution is -0.134. The van der Waals surface area contributed by atoms with Gasteiger partial charge in [0.05, 0.1) is 17.6 Å². The maximum absolute atomic E-state index is 13.1. The first-order valence-corrected chi connectivity index (χ1v) is 10.7. The molecule has 1 fully saturated rings. The summed E-state index contributed by atoms with van der Waals surface area (Å²) in [5, 5.41) is 0. The monoisotopic (exact) mass is 386 g/mol. The number of carbonyl (C=O) groups excluding carboxylic acids is 1. The van der Waals surface area contributed by atoms with E-state index in [2.05, 4.69) is 8.75 Å². The van der Waals surface area contributed by atoms with Crippen LogP contribution in [0.15, 0.2) is 23.1 Å². The molecule has 1 saturated heterocycles. The number of amides is 1. The van der Waals surface area contributed by atoms with Gasteiger partial charge < -0.3 is 4.90 Å². The van der Waals surface area contributed by atoms with E-state index in [1.165, 1.54) is 22.1 Å². The summed E-state index contributed by atoms with van der Waals surface area (Å²) in [7, 11) is -2.12. The fourth-order valence-electron chi connectivity index (χ4n) is 2.46. The predicted molar refractivity (Wildman–Crippen MR) is 95.5 cm³/mol. The first-order chi connectivity index (χ1) is 11.3. The number of rotatable bonds is 4. The van der Waals surface area contributed by atoms with Crippen LogP contribution < -0.4 is 0 Å². The highest BCUT2D eigenvalue weighted by Crippen LogP contribution is 2.32. The van der Waals surface area contributed by atoms with Crippen LogP contribution in [-0.2, 0) is 14.8 Å². The zero-order valence-corrected chi connectivity index (χ0v) is 16.0. The Morgan fingerprint density at radius 1 is 1.38 bits per heavy atom. The number of hydrogen-bond donors (Lipinski definition) is 0. The zero-order chi connectivity index (χ0) is 17.5. The molecule has 0 saturated carbocycles. The Hall–Kier alpha value is -1.23. The van der Waals surface area contributed by atoms with Gasteiger partial charge in [-0.15, -0.1) is 11.8 Å². The van der Waals surface area contributed by atoms with Gasteiger partial charge >= 0.3 is 0 Å². The topological polar surface area (TPSA) is 83.5 Å². The average molecular weight is 387 g/mol. The molecule has 0 radical (unpaired) electrons. The van der Waals surface area contributed by atoms with E-state index in [1.807, 2.05) is 13.8 Å². The zero-order valence-electron chi connectivity index (χ0n) is 13.5. The van der Waals surface area contributed by atoms with Gasteiger partial charge in [-0.3, -0.25) is 4.79 Å². The Balaban J connectivity index is 2.00. The molecule has 1 aromatic heterocycles. The van der Waals surface area contributed by atoms with E-state index in [0.29, 0.717) is 16.8 Å². The van der Waals surface area contributed by atoms with E-state index >= 15 is 0 Å². The van der Waals surface area contributed by atoms with E-state index in [9.17, 15) is 13.2 Å². The minimum Gasteiger partial charge on any atom is -0.342 e. The summed E-state index contributed by atoms with van der Waals surface area (Å²) < 4.78 is 35.8. The Kier molecular flexibility index (Phi) is 4.82. The number of sulfonamides is 1. The summed E-state index contributed by atoms with van der Waals surface area (Å²) in [5.74, 6) is 0.543. The molecule has 0 N–H and O–H groups in total. The first kappa shape index (κ1) is 17.6. The quantitative estimate of drug-likeness (QED) is 0.794. The molecule has 7 nitrogen and oxygen atoms in total. The van der Waals surface area contributed by atoms with E-state index in [1.54, 1.807) is 24.1 Å². The van der Waals surface area contributed by atoms with Crippen molar-refractivity contribution in [2.24, 2.45) is 0 Å². The molecule has 130 valence electrons. The van der Waals surface area contributed by atoms with Crippen molar-refractivity contribution in [1.82, 2.24) is 18.0 Å².